The second kappa shape index (κ2) is 5.09. The van der Waals surface area contributed by atoms with Crippen molar-refractivity contribution < 1.29 is 9.47 Å². The highest BCUT2D eigenvalue weighted by atomic mass is 16.5. The van der Waals surface area contributed by atoms with Crippen LogP contribution in [0, 0.1) is 0 Å². The van der Waals surface area contributed by atoms with E-state index in [9.17, 15) is 0 Å². The number of pyridine rings is 1. The molecule has 82 valence electrons. The van der Waals surface area contributed by atoms with Gasteiger partial charge in [-0.15, -0.1) is 0 Å². The lowest BCUT2D eigenvalue weighted by Gasteiger charge is -2.15. The van der Waals surface area contributed by atoms with Gasteiger partial charge in [-0.1, -0.05) is 0 Å². The molecule has 15 heavy (non-hydrogen) atoms. The van der Waals surface area contributed by atoms with Crippen molar-refractivity contribution in [2.45, 2.75) is 12.5 Å². The predicted molar refractivity (Wildman–Crippen MR) is 57.0 cm³/mol. The summed E-state index contributed by atoms with van der Waals surface area (Å²) in [6, 6.07) is 4.20. The molecule has 0 spiro atoms. The fraction of sp³-hybridized carbons (Fsp3) is 0.545. The monoisotopic (exact) mass is 208 g/mol. The van der Waals surface area contributed by atoms with Gasteiger partial charge >= 0.3 is 0 Å². The highest BCUT2D eigenvalue weighted by Gasteiger charge is 2.14. The van der Waals surface area contributed by atoms with Crippen molar-refractivity contribution in [2.75, 3.05) is 26.9 Å². The van der Waals surface area contributed by atoms with Crippen molar-refractivity contribution in [3.8, 4) is 5.88 Å². The summed E-state index contributed by atoms with van der Waals surface area (Å²) < 4.78 is 10.6. The standard InChI is InChI=1S/C11H16N2O2/c1-14-11-7-9(3-5-13-11)10-8-15-6-2-4-12-10/h3,5,7,10,12H,2,4,6,8H2,1H3. The lowest BCUT2D eigenvalue weighted by Crippen LogP contribution is -2.23. The van der Waals surface area contributed by atoms with E-state index in [1.807, 2.05) is 12.1 Å². The van der Waals surface area contributed by atoms with E-state index in [-0.39, 0.29) is 6.04 Å². The molecule has 4 heteroatoms. The second-order valence-electron chi connectivity index (χ2n) is 3.57. The van der Waals surface area contributed by atoms with Gasteiger partial charge in [-0.2, -0.15) is 0 Å². The highest BCUT2D eigenvalue weighted by molar-refractivity contribution is 5.23. The first kappa shape index (κ1) is 10.4. The van der Waals surface area contributed by atoms with Gasteiger partial charge in [0, 0.05) is 18.9 Å². The molecule has 1 atom stereocenters. The molecule has 2 rings (SSSR count). The third-order valence-corrected chi connectivity index (χ3v) is 2.51. The van der Waals surface area contributed by atoms with Crippen LogP contribution in [0.5, 0.6) is 5.88 Å². The van der Waals surface area contributed by atoms with Crippen molar-refractivity contribution in [3.63, 3.8) is 0 Å². The van der Waals surface area contributed by atoms with Crippen molar-refractivity contribution >= 4 is 0 Å². The van der Waals surface area contributed by atoms with Gasteiger partial charge in [-0.3, -0.25) is 0 Å². The van der Waals surface area contributed by atoms with Crippen molar-refractivity contribution in [1.29, 1.82) is 0 Å². The van der Waals surface area contributed by atoms with Gasteiger partial charge in [0.25, 0.3) is 0 Å². The van der Waals surface area contributed by atoms with Crippen LogP contribution in [0.4, 0.5) is 0 Å². The summed E-state index contributed by atoms with van der Waals surface area (Å²) in [6.45, 7) is 2.55. The van der Waals surface area contributed by atoms with Crippen LogP contribution in [0.2, 0.25) is 0 Å². The predicted octanol–water partition coefficient (Wildman–Crippen LogP) is 1.14. The van der Waals surface area contributed by atoms with Gasteiger partial charge in [0.15, 0.2) is 0 Å². The van der Waals surface area contributed by atoms with Crippen LogP contribution in [0.15, 0.2) is 18.3 Å². The molecule has 1 aromatic heterocycles. The topological polar surface area (TPSA) is 43.4 Å². The average molecular weight is 208 g/mol. The molecule has 1 aliphatic rings. The number of nitrogens with zero attached hydrogens (tertiary/aromatic N) is 1. The lowest BCUT2D eigenvalue weighted by atomic mass is 10.1. The van der Waals surface area contributed by atoms with E-state index in [4.69, 9.17) is 9.47 Å². The SMILES string of the molecule is COc1cc(C2COCCCN2)ccn1. The minimum absolute atomic E-state index is 0.254. The average Bonchev–Trinajstić information content (AvgIpc) is 2.58. The lowest BCUT2D eigenvalue weighted by molar-refractivity contribution is 0.131. The number of aromatic nitrogens is 1. The van der Waals surface area contributed by atoms with E-state index in [0.717, 1.165) is 19.6 Å². The number of nitrogens with one attached hydrogen (secondary N) is 1. The van der Waals surface area contributed by atoms with E-state index < -0.39 is 0 Å². The Morgan fingerprint density at radius 2 is 2.53 bits per heavy atom. The van der Waals surface area contributed by atoms with Gasteiger partial charge < -0.3 is 14.8 Å². The Kier molecular flexibility index (Phi) is 3.53. The van der Waals surface area contributed by atoms with Crippen LogP contribution in [0.3, 0.4) is 0 Å². The van der Waals surface area contributed by atoms with Gasteiger partial charge in [-0.25, -0.2) is 4.98 Å². The molecule has 0 radical (unpaired) electrons. The molecule has 1 aliphatic heterocycles. The van der Waals surface area contributed by atoms with Crippen LogP contribution in [-0.2, 0) is 4.74 Å². The van der Waals surface area contributed by atoms with Crippen molar-refractivity contribution in [2.24, 2.45) is 0 Å². The fourth-order valence-electron chi connectivity index (χ4n) is 1.68. The highest BCUT2D eigenvalue weighted by Crippen LogP contribution is 2.18. The van der Waals surface area contributed by atoms with Crippen LogP contribution >= 0.6 is 0 Å². The second-order valence-corrected chi connectivity index (χ2v) is 3.57. The molecule has 1 N–H and O–H groups in total. The molecule has 0 bridgehead atoms. The molecule has 4 nitrogen and oxygen atoms in total. The summed E-state index contributed by atoms with van der Waals surface area (Å²) in [4.78, 5) is 4.09. The Labute approximate surface area is 89.6 Å². The molecule has 1 fully saturated rings. The summed E-state index contributed by atoms with van der Waals surface area (Å²) in [6.07, 6.45) is 2.83. The van der Waals surface area contributed by atoms with Crippen molar-refractivity contribution in [3.05, 3.63) is 23.9 Å². The molecule has 2 heterocycles. The fourth-order valence-corrected chi connectivity index (χ4v) is 1.68. The Hall–Kier alpha value is -1.13. The summed E-state index contributed by atoms with van der Waals surface area (Å²) >= 11 is 0. The molecule has 0 aliphatic carbocycles. The number of hydrogen-bond acceptors (Lipinski definition) is 4. The first-order valence-electron chi connectivity index (χ1n) is 5.21. The maximum Gasteiger partial charge on any atom is 0.213 e. The molecular formula is C11H16N2O2. The van der Waals surface area contributed by atoms with Gasteiger partial charge in [-0.05, 0) is 24.6 Å². The molecule has 1 unspecified atom stereocenters. The normalized spacial score (nSPS) is 22.1. The maximum atomic E-state index is 5.51. The van der Waals surface area contributed by atoms with E-state index in [0.29, 0.717) is 12.5 Å². The Bertz CT molecular complexity index is 309. The number of hydrogen-bond donors (Lipinski definition) is 1. The van der Waals surface area contributed by atoms with Crippen LogP contribution in [-0.4, -0.2) is 31.9 Å². The van der Waals surface area contributed by atoms with E-state index in [2.05, 4.69) is 10.3 Å². The summed E-state index contributed by atoms with van der Waals surface area (Å²) in [7, 11) is 1.63. The third-order valence-electron chi connectivity index (χ3n) is 2.51. The summed E-state index contributed by atoms with van der Waals surface area (Å²) in [5, 5.41) is 3.44. The molecule has 1 saturated heterocycles. The number of ether oxygens (including phenoxy) is 2. The minimum atomic E-state index is 0.254. The van der Waals surface area contributed by atoms with Gasteiger partial charge in [0.05, 0.1) is 19.8 Å². The zero-order valence-electron chi connectivity index (χ0n) is 8.90. The molecule has 0 saturated carbocycles. The Morgan fingerprint density at radius 3 is 3.40 bits per heavy atom. The number of rotatable bonds is 2. The Morgan fingerprint density at radius 1 is 1.60 bits per heavy atom. The molecule has 0 aromatic carbocycles. The van der Waals surface area contributed by atoms with E-state index in [1.54, 1.807) is 13.3 Å². The number of methoxy groups -OCH3 is 1. The van der Waals surface area contributed by atoms with Crippen LogP contribution < -0.4 is 10.1 Å². The van der Waals surface area contributed by atoms with Gasteiger partial charge in [0.2, 0.25) is 5.88 Å². The summed E-state index contributed by atoms with van der Waals surface area (Å²) in [5.74, 6) is 0.651. The molecule has 0 amide bonds. The Balaban J connectivity index is 2.12. The minimum Gasteiger partial charge on any atom is -0.481 e. The quantitative estimate of drug-likeness (QED) is 0.791. The molecular weight excluding hydrogens is 192 g/mol. The van der Waals surface area contributed by atoms with Crippen molar-refractivity contribution in [1.82, 2.24) is 10.3 Å². The molecule has 1 aromatic rings. The first-order chi connectivity index (χ1) is 7.40. The third kappa shape index (κ3) is 2.67. The largest absolute Gasteiger partial charge is 0.481 e. The maximum absolute atomic E-state index is 5.51. The summed E-state index contributed by atoms with van der Waals surface area (Å²) in [5.41, 5.74) is 1.17. The smallest absolute Gasteiger partial charge is 0.213 e. The van der Waals surface area contributed by atoms with Gasteiger partial charge in [0.1, 0.15) is 0 Å². The van der Waals surface area contributed by atoms with E-state index in [1.165, 1.54) is 5.56 Å². The zero-order valence-corrected chi connectivity index (χ0v) is 8.90. The van der Waals surface area contributed by atoms with E-state index >= 15 is 0 Å². The van der Waals surface area contributed by atoms with Crippen LogP contribution in [0.1, 0.15) is 18.0 Å². The van der Waals surface area contributed by atoms with Crippen LogP contribution in [0.25, 0.3) is 0 Å². The zero-order chi connectivity index (χ0) is 10.5. The first-order valence-corrected chi connectivity index (χ1v) is 5.21.